The number of hydrogen-bond acceptors (Lipinski definition) is 4. The lowest BCUT2D eigenvalue weighted by Gasteiger charge is -2.04. The van der Waals surface area contributed by atoms with Crippen molar-refractivity contribution in [3.05, 3.63) is 65.9 Å². The number of nitrogens with zero attached hydrogens (tertiary/aromatic N) is 1. The smallest absolute Gasteiger partial charge is 0.329 e. The highest BCUT2D eigenvalue weighted by Gasteiger charge is 2.14. The van der Waals surface area contributed by atoms with E-state index in [0.29, 0.717) is 17.2 Å². The summed E-state index contributed by atoms with van der Waals surface area (Å²) >= 11 is 0. The number of amides is 2. The number of carbonyl (C=O) groups excluding carboxylic acids is 2. The third kappa shape index (κ3) is 3.92. The van der Waals surface area contributed by atoms with Gasteiger partial charge in [-0.1, -0.05) is 35.9 Å². The molecule has 0 radical (unpaired) electrons. The third-order valence-electron chi connectivity index (χ3n) is 3.62. The number of furan rings is 1. The van der Waals surface area contributed by atoms with E-state index >= 15 is 0 Å². The number of carbonyl (C=O) groups is 2. The maximum Gasteiger partial charge on any atom is 0.329 e. The highest BCUT2D eigenvalue weighted by molar-refractivity contribution is 6.39. The van der Waals surface area contributed by atoms with Crippen LogP contribution in [-0.2, 0) is 9.59 Å². The fourth-order valence-electron chi connectivity index (χ4n) is 2.23. The Morgan fingerprint density at radius 1 is 1.00 bits per heavy atom. The Kier molecular flexibility index (Phi) is 4.61. The standard InChI is InChI=1S/C19H17N3O3/c1-12-7-9-15(10-8-12)20-18(23)19(24)22-21-13(2)17-11-14-5-3-4-6-16(14)25-17/h3-11H,1-2H3,(H,20,23)(H,22,24)/b21-13-. The Hall–Kier alpha value is -3.41. The molecule has 1 heterocycles. The summed E-state index contributed by atoms with van der Waals surface area (Å²) in [4.78, 5) is 23.7. The molecule has 0 aliphatic rings. The van der Waals surface area contributed by atoms with E-state index in [1.54, 1.807) is 19.1 Å². The molecule has 1 aromatic heterocycles. The fourth-order valence-corrected chi connectivity index (χ4v) is 2.23. The van der Waals surface area contributed by atoms with Crippen LogP contribution in [0.4, 0.5) is 5.69 Å². The van der Waals surface area contributed by atoms with Crippen molar-refractivity contribution in [3.8, 4) is 0 Å². The van der Waals surface area contributed by atoms with E-state index in [1.807, 2.05) is 49.4 Å². The van der Waals surface area contributed by atoms with Gasteiger partial charge in [0.05, 0.1) is 0 Å². The van der Waals surface area contributed by atoms with Crippen molar-refractivity contribution in [1.82, 2.24) is 5.43 Å². The van der Waals surface area contributed by atoms with E-state index in [9.17, 15) is 9.59 Å². The number of hydrogen-bond donors (Lipinski definition) is 2. The summed E-state index contributed by atoms with van der Waals surface area (Å²) in [5.41, 5.74) is 5.04. The maximum atomic E-state index is 11.9. The first kappa shape index (κ1) is 16.4. The molecule has 3 aromatic rings. The molecule has 0 saturated heterocycles. The molecule has 2 amide bonds. The van der Waals surface area contributed by atoms with Crippen LogP contribution < -0.4 is 10.7 Å². The summed E-state index contributed by atoms with van der Waals surface area (Å²) in [5, 5.41) is 7.38. The molecule has 2 N–H and O–H groups in total. The fraction of sp³-hybridized carbons (Fsp3) is 0.105. The molecule has 6 heteroatoms. The lowest BCUT2D eigenvalue weighted by Crippen LogP contribution is -2.32. The van der Waals surface area contributed by atoms with E-state index in [-0.39, 0.29) is 0 Å². The number of nitrogens with one attached hydrogen (secondary N) is 2. The Bertz CT molecular complexity index is 922. The van der Waals surface area contributed by atoms with Crippen LogP contribution in [0.15, 0.2) is 64.1 Å². The van der Waals surface area contributed by atoms with Gasteiger partial charge in [-0.2, -0.15) is 5.10 Å². The zero-order valence-corrected chi connectivity index (χ0v) is 13.9. The van der Waals surface area contributed by atoms with Crippen LogP contribution in [-0.4, -0.2) is 17.5 Å². The molecule has 0 fully saturated rings. The Morgan fingerprint density at radius 3 is 2.44 bits per heavy atom. The molecule has 0 aliphatic heterocycles. The van der Waals surface area contributed by atoms with Crippen LogP contribution in [0.2, 0.25) is 0 Å². The number of fused-ring (bicyclic) bond motifs is 1. The van der Waals surface area contributed by atoms with Gasteiger partial charge in [0, 0.05) is 11.1 Å². The molecule has 0 unspecified atom stereocenters. The van der Waals surface area contributed by atoms with Crippen LogP contribution in [0.1, 0.15) is 18.2 Å². The summed E-state index contributed by atoms with van der Waals surface area (Å²) in [6.45, 7) is 3.63. The van der Waals surface area contributed by atoms with Gasteiger partial charge in [-0.3, -0.25) is 9.59 Å². The molecule has 25 heavy (non-hydrogen) atoms. The zero-order valence-electron chi connectivity index (χ0n) is 13.9. The first-order chi connectivity index (χ1) is 12.0. The molecular weight excluding hydrogens is 318 g/mol. The van der Waals surface area contributed by atoms with Gasteiger partial charge in [-0.15, -0.1) is 0 Å². The van der Waals surface area contributed by atoms with Gasteiger partial charge in [0.25, 0.3) is 0 Å². The monoisotopic (exact) mass is 335 g/mol. The van der Waals surface area contributed by atoms with Crippen molar-refractivity contribution in [3.63, 3.8) is 0 Å². The van der Waals surface area contributed by atoms with Crippen molar-refractivity contribution >= 4 is 34.2 Å². The maximum absolute atomic E-state index is 11.9. The number of hydrazone groups is 1. The molecule has 0 bridgehead atoms. The molecule has 3 rings (SSSR count). The Morgan fingerprint density at radius 2 is 1.72 bits per heavy atom. The molecule has 2 aromatic carbocycles. The minimum atomic E-state index is -0.851. The molecular formula is C19H17N3O3. The van der Waals surface area contributed by atoms with E-state index < -0.39 is 11.8 Å². The van der Waals surface area contributed by atoms with Crippen LogP contribution in [0.3, 0.4) is 0 Å². The predicted octanol–water partition coefficient (Wildman–Crippen LogP) is 3.22. The second-order valence-electron chi connectivity index (χ2n) is 5.61. The SMILES string of the molecule is C/C(=N/NC(=O)C(=O)Nc1ccc(C)cc1)c1cc2ccccc2o1. The topological polar surface area (TPSA) is 83.7 Å². The minimum Gasteiger partial charge on any atom is -0.455 e. The molecule has 0 aliphatic carbocycles. The van der Waals surface area contributed by atoms with Gasteiger partial charge in [0.1, 0.15) is 11.3 Å². The molecule has 126 valence electrons. The van der Waals surface area contributed by atoms with Gasteiger partial charge < -0.3 is 9.73 Å². The minimum absolute atomic E-state index is 0.465. The Balaban J connectivity index is 1.64. The second-order valence-corrected chi connectivity index (χ2v) is 5.61. The molecule has 0 saturated carbocycles. The largest absolute Gasteiger partial charge is 0.455 e. The van der Waals surface area contributed by atoms with Gasteiger partial charge in [-0.05, 0) is 38.1 Å². The predicted molar refractivity (Wildman–Crippen MR) is 96.4 cm³/mol. The van der Waals surface area contributed by atoms with E-state index in [4.69, 9.17) is 4.42 Å². The highest BCUT2D eigenvalue weighted by atomic mass is 16.3. The number of benzene rings is 2. The van der Waals surface area contributed by atoms with Crippen LogP contribution in [0.25, 0.3) is 11.0 Å². The lowest BCUT2D eigenvalue weighted by molar-refractivity contribution is -0.136. The molecule has 0 spiro atoms. The van der Waals surface area contributed by atoms with Crippen LogP contribution >= 0.6 is 0 Å². The van der Waals surface area contributed by atoms with Gasteiger partial charge in [0.15, 0.2) is 5.76 Å². The summed E-state index contributed by atoms with van der Waals surface area (Å²) in [5.74, 6) is -1.11. The van der Waals surface area contributed by atoms with Crippen molar-refractivity contribution in [2.45, 2.75) is 13.8 Å². The number of rotatable bonds is 3. The number of aryl methyl sites for hydroxylation is 1. The quantitative estimate of drug-likeness (QED) is 0.438. The average Bonchev–Trinajstić information content (AvgIpc) is 3.05. The van der Waals surface area contributed by atoms with Crippen LogP contribution in [0.5, 0.6) is 0 Å². The summed E-state index contributed by atoms with van der Waals surface area (Å²) in [7, 11) is 0. The van der Waals surface area contributed by atoms with Crippen LogP contribution in [0, 0.1) is 6.92 Å². The van der Waals surface area contributed by atoms with Gasteiger partial charge >= 0.3 is 11.8 Å². The second kappa shape index (κ2) is 7.00. The number of anilines is 1. The Labute approximate surface area is 144 Å². The number of para-hydroxylation sites is 1. The van der Waals surface area contributed by atoms with E-state index in [0.717, 1.165) is 16.5 Å². The molecule has 0 atom stereocenters. The van der Waals surface area contributed by atoms with Crippen molar-refractivity contribution in [2.24, 2.45) is 5.10 Å². The van der Waals surface area contributed by atoms with E-state index in [2.05, 4.69) is 15.8 Å². The summed E-state index contributed by atoms with van der Waals surface area (Å²) < 4.78 is 5.65. The normalized spacial score (nSPS) is 11.4. The van der Waals surface area contributed by atoms with Crippen molar-refractivity contribution in [2.75, 3.05) is 5.32 Å². The van der Waals surface area contributed by atoms with Crippen molar-refractivity contribution in [1.29, 1.82) is 0 Å². The van der Waals surface area contributed by atoms with Crippen molar-refractivity contribution < 1.29 is 14.0 Å². The molecule has 6 nitrogen and oxygen atoms in total. The van der Waals surface area contributed by atoms with E-state index in [1.165, 1.54) is 0 Å². The van der Waals surface area contributed by atoms with Gasteiger partial charge in [0.2, 0.25) is 0 Å². The lowest BCUT2D eigenvalue weighted by atomic mass is 10.2. The highest BCUT2D eigenvalue weighted by Crippen LogP contribution is 2.19. The van der Waals surface area contributed by atoms with Gasteiger partial charge in [-0.25, -0.2) is 5.43 Å². The third-order valence-corrected chi connectivity index (χ3v) is 3.62. The first-order valence-electron chi connectivity index (χ1n) is 7.74. The first-order valence-corrected chi connectivity index (χ1v) is 7.74. The summed E-state index contributed by atoms with van der Waals surface area (Å²) in [6, 6.07) is 16.5. The zero-order chi connectivity index (χ0) is 17.8. The summed E-state index contributed by atoms with van der Waals surface area (Å²) in [6.07, 6.45) is 0. The average molecular weight is 335 g/mol.